The third kappa shape index (κ3) is 5.75. The molecule has 3 saturated carbocycles. The van der Waals surface area contributed by atoms with Gasteiger partial charge in [0.05, 0.1) is 15.5 Å². The van der Waals surface area contributed by atoms with Crippen molar-refractivity contribution in [2.45, 2.75) is 78.9 Å². The van der Waals surface area contributed by atoms with Gasteiger partial charge in [0.15, 0.2) is 0 Å². The summed E-state index contributed by atoms with van der Waals surface area (Å²) in [6.45, 7) is 0.607. The summed E-state index contributed by atoms with van der Waals surface area (Å²) < 4.78 is 48.4. The molecule has 2 aromatic carbocycles. The lowest BCUT2D eigenvalue weighted by molar-refractivity contribution is -0.144. The smallest absolute Gasteiger partial charge is 0.313 e. The van der Waals surface area contributed by atoms with Gasteiger partial charge in [-0.3, -0.25) is 4.79 Å². The van der Waals surface area contributed by atoms with Gasteiger partial charge in [-0.05, 0) is 106 Å². The predicted octanol–water partition coefficient (Wildman–Crippen LogP) is 7.61. The van der Waals surface area contributed by atoms with Crippen molar-refractivity contribution < 1.29 is 27.8 Å². The van der Waals surface area contributed by atoms with Crippen LogP contribution in [0.1, 0.15) is 51.4 Å². The van der Waals surface area contributed by atoms with E-state index in [0.717, 1.165) is 21.2 Å². The molecular weight excluding hydrogens is 545 g/mol. The zero-order valence-electron chi connectivity index (χ0n) is 21.9. The summed E-state index contributed by atoms with van der Waals surface area (Å²) in [7, 11) is 1.91. The van der Waals surface area contributed by atoms with Crippen LogP contribution in [0, 0.1) is 16.6 Å². The molecule has 0 aromatic heterocycles. The summed E-state index contributed by atoms with van der Waals surface area (Å²) in [5, 5.41) is 10.2. The first-order valence-corrected chi connectivity index (χ1v) is 15.2. The third-order valence-corrected chi connectivity index (χ3v) is 11.1. The second-order valence-corrected chi connectivity index (χ2v) is 14.2. The van der Waals surface area contributed by atoms with Crippen molar-refractivity contribution in [1.29, 1.82) is 0 Å². The van der Waals surface area contributed by atoms with Crippen LogP contribution in [0.25, 0.3) is 0 Å². The standard InChI is InChI=1S/C29H33F3N2O3S2/c1-33-20(6-7-26(31)32)16-34(19-4-2-18(30)3-5-19)22-12-25(38-21-14-28(15-21)8-9-28)23(13-24(22)39-33)37-17-29(10-11-29)27(35)36/h2-5,12-13,20-21,26H,6-11,14-17H2,1H3,(H,35,36). The van der Waals surface area contributed by atoms with Crippen molar-refractivity contribution in [3.05, 3.63) is 42.2 Å². The fourth-order valence-corrected chi connectivity index (χ4v) is 8.37. The quantitative estimate of drug-likeness (QED) is 0.291. The first kappa shape index (κ1) is 27.1. The number of nitrogens with zero attached hydrogens (tertiary/aromatic N) is 2. The van der Waals surface area contributed by atoms with Gasteiger partial charge in [0.25, 0.3) is 0 Å². The number of likely N-dealkylation sites (N-methyl/N-ethyl adjacent to an activating group) is 1. The van der Waals surface area contributed by atoms with Crippen LogP contribution in [0.3, 0.4) is 0 Å². The van der Waals surface area contributed by atoms with E-state index >= 15 is 0 Å². The molecule has 2 aromatic rings. The van der Waals surface area contributed by atoms with Gasteiger partial charge in [-0.15, -0.1) is 11.8 Å². The molecule has 4 aliphatic rings. The Bertz CT molecular complexity index is 1230. The van der Waals surface area contributed by atoms with Crippen LogP contribution in [0.5, 0.6) is 5.75 Å². The average Bonchev–Trinajstić information content (AvgIpc) is 3.79. The number of hydrogen-bond donors (Lipinski definition) is 1. The minimum atomic E-state index is -2.38. The highest BCUT2D eigenvalue weighted by Gasteiger charge is 2.53. The number of thioether (sulfide) groups is 1. The number of carbonyl (C=O) groups is 1. The molecule has 1 unspecified atom stereocenters. The Morgan fingerprint density at radius 3 is 2.51 bits per heavy atom. The summed E-state index contributed by atoms with van der Waals surface area (Å²) in [5.41, 5.74) is 1.45. The lowest BCUT2D eigenvalue weighted by Crippen LogP contribution is -2.35. The van der Waals surface area contributed by atoms with Crippen LogP contribution in [-0.2, 0) is 4.79 Å². The molecule has 39 heavy (non-hydrogen) atoms. The molecule has 5 nitrogen and oxygen atoms in total. The maximum atomic E-state index is 13.8. The molecule has 1 N–H and O–H groups in total. The Labute approximate surface area is 235 Å². The largest absolute Gasteiger partial charge is 0.491 e. The molecule has 0 amide bonds. The topological polar surface area (TPSA) is 53.0 Å². The number of hydrogen-bond acceptors (Lipinski definition) is 6. The highest BCUT2D eigenvalue weighted by atomic mass is 32.2. The summed E-state index contributed by atoms with van der Waals surface area (Å²) >= 11 is 3.28. The Hall–Kier alpha value is -2.04. The molecule has 0 bridgehead atoms. The van der Waals surface area contributed by atoms with Crippen LogP contribution < -0.4 is 9.64 Å². The van der Waals surface area contributed by atoms with E-state index in [1.807, 2.05) is 17.4 Å². The maximum absolute atomic E-state index is 13.8. The number of anilines is 2. The van der Waals surface area contributed by atoms with E-state index in [4.69, 9.17) is 4.74 Å². The van der Waals surface area contributed by atoms with Gasteiger partial charge in [-0.25, -0.2) is 17.5 Å². The van der Waals surface area contributed by atoms with E-state index in [1.54, 1.807) is 23.9 Å². The Balaban J connectivity index is 1.36. The molecule has 1 spiro atoms. The normalized spacial score (nSPS) is 23.3. The van der Waals surface area contributed by atoms with E-state index < -0.39 is 17.8 Å². The molecule has 10 heteroatoms. The van der Waals surface area contributed by atoms with Gasteiger partial charge in [0, 0.05) is 29.9 Å². The first-order valence-electron chi connectivity index (χ1n) is 13.6. The molecule has 0 radical (unpaired) electrons. The van der Waals surface area contributed by atoms with Crippen molar-refractivity contribution in [1.82, 2.24) is 4.31 Å². The maximum Gasteiger partial charge on any atom is 0.313 e. The van der Waals surface area contributed by atoms with E-state index in [-0.39, 0.29) is 24.9 Å². The summed E-state index contributed by atoms with van der Waals surface area (Å²) in [6, 6.07) is 10.2. The zero-order valence-corrected chi connectivity index (χ0v) is 23.5. The molecule has 1 atom stereocenters. The molecule has 1 aliphatic heterocycles. The van der Waals surface area contributed by atoms with E-state index in [2.05, 4.69) is 11.0 Å². The van der Waals surface area contributed by atoms with Gasteiger partial charge in [0.1, 0.15) is 23.6 Å². The van der Waals surface area contributed by atoms with Crippen molar-refractivity contribution >= 4 is 41.1 Å². The van der Waals surface area contributed by atoms with Crippen molar-refractivity contribution in [3.63, 3.8) is 0 Å². The van der Waals surface area contributed by atoms with E-state index in [0.29, 0.717) is 42.2 Å². The molecular formula is C29H33F3N2O3S2. The number of aliphatic carboxylic acids is 1. The Morgan fingerprint density at radius 1 is 1.18 bits per heavy atom. The molecule has 3 aliphatic carbocycles. The Morgan fingerprint density at radius 2 is 1.90 bits per heavy atom. The number of fused-ring (bicyclic) bond motifs is 1. The average molecular weight is 579 g/mol. The minimum Gasteiger partial charge on any atom is -0.491 e. The fourth-order valence-electron chi connectivity index (χ4n) is 5.67. The van der Waals surface area contributed by atoms with Gasteiger partial charge >= 0.3 is 5.97 Å². The lowest BCUT2D eigenvalue weighted by Gasteiger charge is -2.36. The highest BCUT2D eigenvalue weighted by molar-refractivity contribution is 8.00. The van der Waals surface area contributed by atoms with Crippen molar-refractivity contribution in [2.75, 3.05) is 25.1 Å². The van der Waals surface area contributed by atoms with Gasteiger partial charge in [-0.2, -0.15) is 0 Å². The molecule has 0 saturated heterocycles. The van der Waals surface area contributed by atoms with Crippen molar-refractivity contribution in [3.8, 4) is 5.75 Å². The molecule has 210 valence electrons. The minimum absolute atomic E-state index is 0.127. The molecule has 3 fully saturated rings. The van der Waals surface area contributed by atoms with E-state index in [1.165, 1.54) is 49.8 Å². The number of alkyl halides is 2. The number of benzene rings is 2. The summed E-state index contributed by atoms with van der Waals surface area (Å²) in [5.74, 6) is -0.477. The Kier molecular flexibility index (Phi) is 7.25. The van der Waals surface area contributed by atoms with E-state index in [9.17, 15) is 23.1 Å². The van der Waals surface area contributed by atoms with Crippen molar-refractivity contribution in [2.24, 2.45) is 10.8 Å². The summed E-state index contributed by atoms with van der Waals surface area (Å²) in [6.07, 6.45) is 3.95. The molecule has 6 rings (SSSR count). The predicted molar refractivity (Wildman–Crippen MR) is 148 cm³/mol. The number of carboxylic acids is 1. The second-order valence-electron chi connectivity index (χ2n) is 11.6. The van der Waals surface area contributed by atoms with Crippen LogP contribution in [0.4, 0.5) is 24.5 Å². The number of carboxylic acid groups (broad SMARTS) is 1. The SMILES string of the molecule is CN1Sc2cc(OCC3(C(=O)O)CC3)c(SC3CC4(CC4)C3)cc2N(c2ccc(F)cc2)CC1CCC(F)F. The zero-order chi connectivity index (χ0) is 27.4. The second kappa shape index (κ2) is 10.4. The number of halogens is 3. The number of rotatable bonds is 10. The van der Waals surface area contributed by atoms with Crippen LogP contribution >= 0.6 is 23.7 Å². The lowest BCUT2D eigenvalue weighted by atomic mass is 9.81. The van der Waals surface area contributed by atoms with Crippen LogP contribution in [0.15, 0.2) is 46.2 Å². The van der Waals surface area contributed by atoms with Crippen LogP contribution in [0.2, 0.25) is 0 Å². The van der Waals surface area contributed by atoms with Gasteiger partial charge in [0.2, 0.25) is 6.43 Å². The number of ether oxygens (including phenoxy) is 1. The van der Waals surface area contributed by atoms with Gasteiger partial charge in [-0.1, -0.05) is 0 Å². The first-order chi connectivity index (χ1) is 18.7. The fraction of sp³-hybridized carbons (Fsp3) is 0.552. The van der Waals surface area contributed by atoms with Crippen LogP contribution in [-0.4, -0.2) is 53.3 Å². The monoisotopic (exact) mass is 578 g/mol. The summed E-state index contributed by atoms with van der Waals surface area (Å²) in [4.78, 5) is 15.8. The highest BCUT2D eigenvalue weighted by Crippen LogP contribution is 2.65. The van der Waals surface area contributed by atoms with Gasteiger partial charge < -0.3 is 14.7 Å². The third-order valence-electron chi connectivity index (χ3n) is 8.71. The molecule has 1 heterocycles.